The second-order valence-electron chi connectivity index (χ2n) is 6.04. The van der Waals surface area contributed by atoms with E-state index in [0.29, 0.717) is 0 Å². The van der Waals surface area contributed by atoms with Crippen molar-refractivity contribution >= 4 is 0 Å². The van der Waals surface area contributed by atoms with Gasteiger partial charge in [0.2, 0.25) is 0 Å². The van der Waals surface area contributed by atoms with Gasteiger partial charge >= 0.3 is 0 Å². The van der Waals surface area contributed by atoms with E-state index in [9.17, 15) is 0 Å². The van der Waals surface area contributed by atoms with E-state index >= 15 is 0 Å². The molecule has 0 spiro atoms. The zero-order valence-electron chi connectivity index (χ0n) is 17.4. The first-order chi connectivity index (χ1) is 13.6. The van der Waals surface area contributed by atoms with E-state index in [2.05, 4.69) is 87.2 Å². The molecule has 1 nitrogen and oxygen atoms in total. The third-order valence-corrected chi connectivity index (χ3v) is 4.22. The van der Waals surface area contributed by atoms with Crippen molar-refractivity contribution in [2.45, 2.75) is 26.7 Å². The maximum atomic E-state index is 3.87. The van der Waals surface area contributed by atoms with Gasteiger partial charge in [-0.1, -0.05) is 87.1 Å². The van der Waals surface area contributed by atoms with E-state index in [1.165, 1.54) is 11.1 Å². The molecule has 0 unspecified atom stereocenters. The second kappa shape index (κ2) is 13.0. The van der Waals surface area contributed by atoms with Crippen LogP contribution in [-0.4, -0.2) is 7.05 Å². The first-order valence-corrected chi connectivity index (χ1v) is 9.57. The third kappa shape index (κ3) is 6.82. The average molecular weight is 370 g/mol. The molecule has 0 atom stereocenters. The third-order valence-electron chi connectivity index (χ3n) is 4.22. The van der Waals surface area contributed by atoms with Crippen LogP contribution in [0.25, 0.3) is 0 Å². The summed E-state index contributed by atoms with van der Waals surface area (Å²) in [5.41, 5.74) is 6.50. The van der Waals surface area contributed by atoms with Crippen LogP contribution in [-0.2, 0) is 0 Å². The SMILES string of the molecule is C=C/C=C(/C#CC1=C(C(/C=C\C(C=C)=C\NC)=C/C)C(CC)=CCC=C1)C=C. The van der Waals surface area contributed by atoms with Crippen LogP contribution in [0.3, 0.4) is 0 Å². The van der Waals surface area contributed by atoms with E-state index in [4.69, 9.17) is 0 Å². The Morgan fingerprint density at radius 3 is 2.57 bits per heavy atom. The minimum absolute atomic E-state index is 0.852. The molecule has 1 aliphatic rings. The molecule has 28 heavy (non-hydrogen) atoms. The van der Waals surface area contributed by atoms with E-state index in [-0.39, 0.29) is 0 Å². The van der Waals surface area contributed by atoms with Crippen LogP contribution in [0, 0.1) is 11.8 Å². The molecular weight excluding hydrogens is 338 g/mol. The van der Waals surface area contributed by atoms with Crippen LogP contribution in [0.2, 0.25) is 0 Å². The first kappa shape index (κ1) is 22.8. The van der Waals surface area contributed by atoms with Crippen molar-refractivity contribution in [2.75, 3.05) is 7.05 Å². The Morgan fingerprint density at radius 1 is 1.21 bits per heavy atom. The van der Waals surface area contributed by atoms with E-state index in [1.807, 2.05) is 25.4 Å². The maximum absolute atomic E-state index is 3.87. The van der Waals surface area contributed by atoms with E-state index in [1.54, 1.807) is 12.2 Å². The molecule has 1 rings (SSSR count). The maximum Gasteiger partial charge on any atom is 0.0326 e. The summed E-state index contributed by atoms with van der Waals surface area (Å²) in [4.78, 5) is 0. The smallest absolute Gasteiger partial charge is 0.0326 e. The molecule has 1 aliphatic carbocycles. The zero-order valence-corrected chi connectivity index (χ0v) is 17.4. The Morgan fingerprint density at radius 2 is 2.00 bits per heavy atom. The number of allylic oxidation sites excluding steroid dienone is 16. The van der Waals surface area contributed by atoms with Gasteiger partial charge in [0, 0.05) is 24.4 Å². The van der Waals surface area contributed by atoms with Gasteiger partial charge in [-0.3, -0.25) is 0 Å². The molecule has 0 aromatic carbocycles. The molecule has 0 saturated carbocycles. The molecule has 1 heteroatoms. The number of hydrogen-bond donors (Lipinski definition) is 1. The van der Waals surface area contributed by atoms with Crippen molar-refractivity contribution < 1.29 is 0 Å². The zero-order chi connectivity index (χ0) is 20.8. The molecule has 0 heterocycles. The Balaban J connectivity index is 3.57. The fourth-order valence-electron chi connectivity index (χ4n) is 2.80. The molecule has 0 aliphatic heterocycles. The fraction of sp³-hybridized carbons (Fsp3) is 0.185. The lowest BCUT2D eigenvalue weighted by atomic mass is 9.90. The molecule has 1 N–H and O–H groups in total. The number of rotatable bonds is 8. The van der Waals surface area contributed by atoms with Crippen molar-refractivity contribution in [3.8, 4) is 11.8 Å². The van der Waals surface area contributed by atoms with Crippen LogP contribution in [0.15, 0.2) is 120 Å². The van der Waals surface area contributed by atoms with Crippen molar-refractivity contribution in [1.82, 2.24) is 5.32 Å². The van der Waals surface area contributed by atoms with Gasteiger partial charge in [0.15, 0.2) is 0 Å². The molecule has 144 valence electrons. The van der Waals surface area contributed by atoms with Gasteiger partial charge in [-0.15, -0.1) is 0 Å². The summed E-state index contributed by atoms with van der Waals surface area (Å²) < 4.78 is 0. The quantitative estimate of drug-likeness (QED) is 0.372. The summed E-state index contributed by atoms with van der Waals surface area (Å²) in [6, 6.07) is 0. The highest BCUT2D eigenvalue weighted by Gasteiger charge is 2.13. The molecule has 0 radical (unpaired) electrons. The van der Waals surface area contributed by atoms with Crippen molar-refractivity contribution in [1.29, 1.82) is 0 Å². The average Bonchev–Trinajstić information content (AvgIpc) is 2.92. The lowest BCUT2D eigenvalue weighted by Crippen LogP contribution is -1.97. The topological polar surface area (TPSA) is 12.0 Å². The summed E-state index contributed by atoms with van der Waals surface area (Å²) in [6.45, 7) is 15.7. The molecule has 0 aromatic rings. The van der Waals surface area contributed by atoms with Gasteiger partial charge in [-0.05, 0) is 54.2 Å². The van der Waals surface area contributed by atoms with Gasteiger partial charge < -0.3 is 5.32 Å². The van der Waals surface area contributed by atoms with Gasteiger partial charge in [0.25, 0.3) is 0 Å². The monoisotopic (exact) mass is 369 g/mol. The summed E-state index contributed by atoms with van der Waals surface area (Å²) in [6.07, 6.45) is 23.8. The molecule has 0 bridgehead atoms. The summed E-state index contributed by atoms with van der Waals surface area (Å²) in [5, 5.41) is 3.05. The fourth-order valence-corrected chi connectivity index (χ4v) is 2.80. The first-order valence-electron chi connectivity index (χ1n) is 9.57. The second-order valence-corrected chi connectivity index (χ2v) is 6.04. The van der Waals surface area contributed by atoms with Crippen molar-refractivity contribution in [3.63, 3.8) is 0 Å². The van der Waals surface area contributed by atoms with Gasteiger partial charge in [0.05, 0.1) is 0 Å². The van der Waals surface area contributed by atoms with Crippen LogP contribution in [0.5, 0.6) is 0 Å². The minimum Gasteiger partial charge on any atom is -0.393 e. The Hall–Kier alpha value is -3.24. The van der Waals surface area contributed by atoms with Crippen molar-refractivity contribution in [3.05, 3.63) is 120 Å². The molecular formula is C27H31N. The van der Waals surface area contributed by atoms with Crippen LogP contribution >= 0.6 is 0 Å². The summed E-state index contributed by atoms with van der Waals surface area (Å²) >= 11 is 0. The Kier molecular flexibility index (Phi) is 10.6. The van der Waals surface area contributed by atoms with Gasteiger partial charge in [-0.2, -0.15) is 0 Å². The van der Waals surface area contributed by atoms with Gasteiger partial charge in [-0.25, -0.2) is 0 Å². The molecule has 0 aromatic heterocycles. The standard InChI is InChI=1S/C27H31N/c1-7-14-22(8-2)17-20-26-16-13-12-15-24(10-4)27(26)25(11-5)19-18-23(9-3)21-28-6/h7-9,11,13-16,18-19,21,28H,1-3,10,12H2,4-6H3/b19-18-,22-14+,23-21+,25-11+. The Bertz CT molecular complexity index is 865. The molecule has 0 amide bonds. The van der Waals surface area contributed by atoms with Crippen molar-refractivity contribution in [2.24, 2.45) is 0 Å². The Labute approximate surface area is 171 Å². The lowest BCUT2D eigenvalue weighted by Gasteiger charge is -2.13. The highest BCUT2D eigenvalue weighted by molar-refractivity contribution is 5.64. The van der Waals surface area contributed by atoms with Crippen LogP contribution in [0.4, 0.5) is 0 Å². The largest absolute Gasteiger partial charge is 0.393 e. The van der Waals surface area contributed by atoms with E-state index < -0.39 is 0 Å². The highest BCUT2D eigenvalue weighted by Crippen LogP contribution is 2.30. The highest BCUT2D eigenvalue weighted by atomic mass is 14.8. The summed E-state index contributed by atoms with van der Waals surface area (Å²) in [5.74, 6) is 6.56. The lowest BCUT2D eigenvalue weighted by molar-refractivity contribution is 1.09. The predicted octanol–water partition coefficient (Wildman–Crippen LogP) is 6.67. The number of hydrogen-bond acceptors (Lipinski definition) is 1. The minimum atomic E-state index is 0.852. The summed E-state index contributed by atoms with van der Waals surface area (Å²) in [7, 11) is 1.88. The predicted molar refractivity (Wildman–Crippen MR) is 126 cm³/mol. The molecule has 0 saturated heterocycles. The van der Waals surface area contributed by atoms with E-state index in [0.717, 1.165) is 35.1 Å². The van der Waals surface area contributed by atoms with Crippen LogP contribution in [0.1, 0.15) is 26.7 Å². The normalized spacial score (nSPS) is 15.5. The van der Waals surface area contributed by atoms with Crippen LogP contribution < -0.4 is 5.32 Å². The molecule has 0 fully saturated rings. The van der Waals surface area contributed by atoms with Gasteiger partial charge in [0.1, 0.15) is 0 Å². The number of nitrogens with one attached hydrogen (secondary N) is 1.